The van der Waals surface area contributed by atoms with Gasteiger partial charge in [-0.25, -0.2) is 0 Å². The first kappa shape index (κ1) is 16.6. The minimum absolute atomic E-state index is 0.0275. The van der Waals surface area contributed by atoms with E-state index >= 15 is 0 Å². The van der Waals surface area contributed by atoms with Crippen LogP contribution in [0.2, 0.25) is 0 Å². The maximum absolute atomic E-state index is 6.56. The van der Waals surface area contributed by atoms with Crippen LogP contribution in [0.25, 0.3) is 0 Å². The second-order valence-corrected chi connectivity index (χ2v) is 6.93. The number of morpholine rings is 1. The highest BCUT2D eigenvalue weighted by Gasteiger charge is 2.30. The minimum atomic E-state index is -0.198. The second-order valence-electron chi connectivity index (χ2n) is 6.93. The number of ether oxygens (including phenoxy) is 2. The van der Waals surface area contributed by atoms with Crippen LogP contribution in [-0.2, 0) is 4.74 Å². The Morgan fingerprint density at radius 2 is 1.92 bits per heavy atom. The van der Waals surface area contributed by atoms with Crippen molar-refractivity contribution >= 4 is 0 Å². The van der Waals surface area contributed by atoms with Crippen LogP contribution in [0.5, 0.6) is 5.75 Å². The lowest BCUT2D eigenvalue weighted by atomic mass is 9.96. The highest BCUT2D eigenvalue weighted by Crippen LogP contribution is 2.40. The fourth-order valence-corrected chi connectivity index (χ4v) is 3.95. The monoisotopic (exact) mass is 338 g/mol. The third-order valence-corrected chi connectivity index (χ3v) is 5.24. The van der Waals surface area contributed by atoms with Gasteiger partial charge in [-0.2, -0.15) is 0 Å². The van der Waals surface area contributed by atoms with Crippen LogP contribution in [0.15, 0.2) is 48.7 Å². The molecule has 2 aromatic rings. The Kier molecular flexibility index (Phi) is 5.28. The van der Waals surface area contributed by atoms with Crippen LogP contribution < -0.4 is 10.1 Å². The molecule has 0 radical (unpaired) electrons. The lowest BCUT2D eigenvalue weighted by Crippen LogP contribution is -2.43. The van der Waals surface area contributed by atoms with Crippen molar-refractivity contribution in [2.24, 2.45) is 0 Å². The molecule has 1 unspecified atom stereocenters. The summed E-state index contributed by atoms with van der Waals surface area (Å²) in [6.07, 6.45) is 6.75. The van der Waals surface area contributed by atoms with Crippen molar-refractivity contribution in [2.75, 3.05) is 19.7 Å². The van der Waals surface area contributed by atoms with Crippen molar-refractivity contribution in [1.29, 1.82) is 0 Å². The largest absolute Gasteiger partial charge is 0.481 e. The summed E-state index contributed by atoms with van der Waals surface area (Å²) in [6, 6.07) is 14.5. The zero-order valence-electron chi connectivity index (χ0n) is 14.6. The molecule has 1 saturated heterocycles. The Morgan fingerprint density at radius 3 is 2.68 bits per heavy atom. The standard InChI is InChI=1S/C21H26N2O2/c1-2-8-16(7-1)17-9-3-4-11-19(17)25-21(18-10-5-6-12-23-18)20-15-22-13-14-24-20/h3-6,9-12,16,20-22H,1-2,7-8,13-15H2/t20-,21?/m0/s1. The van der Waals surface area contributed by atoms with E-state index in [1.807, 2.05) is 24.4 Å². The fourth-order valence-electron chi connectivity index (χ4n) is 3.95. The molecule has 132 valence electrons. The van der Waals surface area contributed by atoms with Gasteiger partial charge in [0.1, 0.15) is 11.9 Å². The summed E-state index contributed by atoms with van der Waals surface area (Å²) in [6.45, 7) is 2.39. The average molecular weight is 338 g/mol. The zero-order chi connectivity index (χ0) is 16.9. The summed E-state index contributed by atoms with van der Waals surface area (Å²) in [5, 5.41) is 3.41. The number of para-hydroxylation sites is 1. The first-order valence-corrected chi connectivity index (χ1v) is 9.40. The number of benzene rings is 1. The van der Waals surface area contributed by atoms with E-state index in [0.29, 0.717) is 12.5 Å². The van der Waals surface area contributed by atoms with E-state index in [-0.39, 0.29) is 12.2 Å². The summed E-state index contributed by atoms with van der Waals surface area (Å²) in [4.78, 5) is 4.54. The van der Waals surface area contributed by atoms with Crippen LogP contribution in [-0.4, -0.2) is 30.8 Å². The molecule has 2 fully saturated rings. The molecule has 1 saturated carbocycles. The van der Waals surface area contributed by atoms with E-state index in [1.54, 1.807) is 0 Å². The Hall–Kier alpha value is -1.91. The normalized spacial score (nSPS) is 22.6. The van der Waals surface area contributed by atoms with E-state index < -0.39 is 0 Å². The third-order valence-electron chi connectivity index (χ3n) is 5.24. The van der Waals surface area contributed by atoms with Crippen LogP contribution in [0.3, 0.4) is 0 Å². The van der Waals surface area contributed by atoms with Gasteiger partial charge in [-0.3, -0.25) is 4.98 Å². The summed E-state index contributed by atoms with van der Waals surface area (Å²) < 4.78 is 12.6. The first-order valence-electron chi connectivity index (χ1n) is 9.40. The molecule has 1 aromatic carbocycles. The number of pyridine rings is 1. The lowest BCUT2D eigenvalue weighted by molar-refractivity contribution is -0.0450. The smallest absolute Gasteiger partial charge is 0.168 e. The average Bonchev–Trinajstić information content (AvgIpc) is 3.22. The molecule has 4 nitrogen and oxygen atoms in total. The predicted molar refractivity (Wildman–Crippen MR) is 97.9 cm³/mol. The number of hydrogen-bond acceptors (Lipinski definition) is 4. The van der Waals surface area contributed by atoms with Crippen LogP contribution in [0.4, 0.5) is 0 Å². The van der Waals surface area contributed by atoms with Crippen molar-refractivity contribution in [3.8, 4) is 5.75 Å². The zero-order valence-corrected chi connectivity index (χ0v) is 14.6. The fraction of sp³-hybridized carbons (Fsp3) is 0.476. The highest BCUT2D eigenvalue weighted by molar-refractivity contribution is 5.37. The van der Waals surface area contributed by atoms with Crippen LogP contribution in [0, 0.1) is 0 Å². The van der Waals surface area contributed by atoms with Crippen molar-refractivity contribution < 1.29 is 9.47 Å². The van der Waals surface area contributed by atoms with E-state index in [9.17, 15) is 0 Å². The van der Waals surface area contributed by atoms with Gasteiger partial charge in [0, 0.05) is 19.3 Å². The molecular weight excluding hydrogens is 312 g/mol. The van der Waals surface area contributed by atoms with Gasteiger partial charge in [0.05, 0.1) is 12.3 Å². The maximum Gasteiger partial charge on any atom is 0.168 e. The molecular formula is C21H26N2O2. The van der Waals surface area contributed by atoms with Gasteiger partial charge in [-0.05, 0) is 42.5 Å². The molecule has 1 N–H and O–H groups in total. The van der Waals surface area contributed by atoms with Gasteiger partial charge >= 0.3 is 0 Å². The van der Waals surface area contributed by atoms with Gasteiger partial charge in [0.15, 0.2) is 6.10 Å². The van der Waals surface area contributed by atoms with Gasteiger partial charge in [-0.1, -0.05) is 37.1 Å². The molecule has 1 aliphatic heterocycles. The minimum Gasteiger partial charge on any atom is -0.481 e. The van der Waals surface area contributed by atoms with Crippen molar-refractivity contribution in [3.05, 3.63) is 59.9 Å². The number of hydrogen-bond donors (Lipinski definition) is 1. The quantitative estimate of drug-likeness (QED) is 0.899. The van der Waals surface area contributed by atoms with E-state index in [4.69, 9.17) is 9.47 Å². The molecule has 0 spiro atoms. The van der Waals surface area contributed by atoms with E-state index in [2.05, 4.69) is 34.6 Å². The Morgan fingerprint density at radius 1 is 1.08 bits per heavy atom. The first-order chi connectivity index (χ1) is 12.4. The van der Waals surface area contributed by atoms with Crippen LogP contribution in [0.1, 0.15) is 49.0 Å². The van der Waals surface area contributed by atoms with Crippen molar-refractivity contribution in [1.82, 2.24) is 10.3 Å². The molecule has 0 bridgehead atoms. The van der Waals surface area contributed by atoms with E-state index in [0.717, 1.165) is 24.5 Å². The van der Waals surface area contributed by atoms with Gasteiger partial charge in [-0.15, -0.1) is 0 Å². The summed E-state index contributed by atoms with van der Waals surface area (Å²) in [5.41, 5.74) is 2.27. The van der Waals surface area contributed by atoms with Crippen molar-refractivity contribution in [2.45, 2.75) is 43.8 Å². The van der Waals surface area contributed by atoms with Crippen molar-refractivity contribution in [3.63, 3.8) is 0 Å². The van der Waals surface area contributed by atoms with Gasteiger partial charge < -0.3 is 14.8 Å². The molecule has 0 amide bonds. The Labute approximate surface area is 149 Å². The molecule has 4 heteroatoms. The third kappa shape index (κ3) is 3.86. The topological polar surface area (TPSA) is 43.4 Å². The molecule has 1 aromatic heterocycles. The Bertz CT molecular complexity index is 665. The number of rotatable bonds is 5. The summed E-state index contributed by atoms with van der Waals surface area (Å²) in [5.74, 6) is 1.60. The summed E-state index contributed by atoms with van der Waals surface area (Å²) >= 11 is 0. The molecule has 1 aliphatic carbocycles. The molecule has 2 heterocycles. The predicted octanol–water partition coefficient (Wildman–Crippen LogP) is 3.85. The highest BCUT2D eigenvalue weighted by atomic mass is 16.5. The number of nitrogens with zero attached hydrogens (tertiary/aromatic N) is 1. The number of nitrogens with one attached hydrogen (secondary N) is 1. The molecule has 4 rings (SSSR count). The SMILES string of the molecule is c1ccc(C(Oc2ccccc2C2CCCC2)[C@@H]2CNCCO2)nc1. The summed E-state index contributed by atoms with van der Waals surface area (Å²) in [7, 11) is 0. The Balaban J connectivity index is 1.62. The lowest BCUT2D eigenvalue weighted by Gasteiger charge is -2.32. The van der Waals surface area contributed by atoms with Gasteiger partial charge in [0.2, 0.25) is 0 Å². The molecule has 2 atom stereocenters. The molecule has 25 heavy (non-hydrogen) atoms. The molecule has 2 aliphatic rings. The number of aromatic nitrogens is 1. The second kappa shape index (κ2) is 7.98. The maximum atomic E-state index is 6.56. The van der Waals surface area contributed by atoms with Crippen LogP contribution >= 0.6 is 0 Å². The van der Waals surface area contributed by atoms with Gasteiger partial charge in [0.25, 0.3) is 0 Å². The van der Waals surface area contributed by atoms with E-state index in [1.165, 1.54) is 31.2 Å².